The van der Waals surface area contributed by atoms with Crippen molar-refractivity contribution in [2.24, 2.45) is 39.4 Å². The summed E-state index contributed by atoms with van der Waals surface area (Å²) in [7, 11) is 24.4. The molecule has 6 saturated heterocycles. The van der Waals surface area contributed by atoms with Gasteiger partial charge in [0.1, 0.15) is 13.9 Å². The van der Waals surface area contributed by atoms with Gasteiger partial charge < -0.3 is 0 Å². The molecule has 0 aromatic heterocycles. The van der Waals surface area contributed by atoms with Crippen molar-refractivity contribution >= 4 is 93.1 Å². The standard InChI is InChI=1S/C30H51P4.6ClH.Sb/c1-22(2,3)27-31-28(23(4,5)6)32(27)30(25(10,11)12)33(27)29(31,24(7,8)9)34(28,30)26-16-19-13-20(17-26)15-21(14-19)18-26;;;;;;;/h19-21H,13-18H2,1-12H3;6*1H;/q+1;;;;;;;+5/p-6. The molecule has 0 N–H and O–H groups in total. The van der Waals surface area contributed by atoms with Crippen LogP contribution in [0.1, 0.15) is 122 Å². The van der Waals surface area contributed by atoms with Crippen LogP contribution in [0, 0.1) is 39.4 Å². The molecule has 41 heavy (non-hydrogen) atoms. The molecule has 4 bridgehead atoms. The van der Waals surface area contributed by atoms with Crippen LogP contribution in [0.25, 0.3) is 0 Å². The van der Waals surface area contributed by atoms with Crippen LogP contribution in [0.2, 0.25) is 0 Å². The van der Waals surface area contributed by atoms with Gasteiger partial charge in [0.05, 0.1) is 17.1 Å². The van der Waals surface area contributed by atoms with Gasteiger partial charge in [-0.1, -0.05) is 83.1 Å². The van der Waals surface area contributed by atoms with Gasteiger partial charge in [0.2, 0.25) is 0 Å². The third-order valence-electron chi connectivity index (χ3n) is 13.0. The molecule has 0 aromatic carbocycles. The number of hydrogen-bond acceptors (Lipinski definition) is 0. The molecule has 0 atom stereocenters. The fraction of sp³-hybridized carbons (Fsp3) is 1.00. The summed E-state index contributed by atoms with van der Waals surface area (Å²) in [6.45, 7) is 33.1. The Morgan fingerprint density at radius 2 is 0.756 bits per heavy atom. The molecule has 11 heteroatoms. The summed E-state index contributed by atoms with van der Waals surface area (Å²) in [5, 5.41) is 0.816. The summed E-state index contributed by atoms with van der Waals surface area (Å²) >= 11 is 0. The van der Waals surface area contributed by atoms with Crippen LogP contribution >= 0.6 is 84.0 Å². The summed E-state index contributed by atoms with van der Waals surface area (Å²) in [6, 6.07) is 0. The molecule has 10 aliphatic rings. The first-order valence-corrected chi connectivity index (χ1v) is 40.9. The molecular formula is C30H51Cl6P4Sb. The van der Waals surface area contributed by atoms with Gasteiger partial charge >= 0.3 is 62.1 Å². The molecule has 4 saturated carbocycles. The van der Waals surface area contributed by atoms with E-state index in [4.69, 9.17) is 53.0 Å². The van der Waals surface area contributed by atoms with Gasteiger partial charge in [0.25, 0.3) is 0 Å². The molecule has 0 amide bonds. The van der Waals surface area contributed by atoms with Crippen molar-refractivity contribution in [2.75, 3.05) is 0 Å². The molecule has 238 valence electrons. The second kappa shape index (κ2) is 7.78. The molecule has 6 aliphatic heterocycles. The number of halogens is 6. The Hall–Kier alpha value is 4.28. The molecule has 10 rings (SSSR count). The Morgan fingerprint density at radius 3 is 0.951 bits per heavy atom. The molecule has 0 aromatic rings. The van der Waals surface area contributed by atoms with E-state index in [1.165, 1.54) is 0 Å². The molecule has 0 nitrogen and oxygen atoms in total. The maximum absolute atomic E-state index is 5.42. The monoisotopic (exact) mass is 866 g/mol. The first-order chi connectivity index (χ1) is 17.8. The normalized spacial score (nSPS) is 56.9. The molecule has 6 heterocycles. The van der Waals surface area contributed by atoms with Gasteiger partial charge in [-0.25, -0.2) is 0 Å². The SMILES string of the molecule is CC(C)(C)C12P3C4(C(C)(C)C)P1C1(C(C)(C)C)P2C3(C(C)(C)C)[P+]41C12CC3CC(CC(C3)C1)C2.[Cl][Sb-]([Cl])([Cl])([Cl])([Cl])[Cl]. The summed E-state index contributed by atoms with van der Waals surface area (Å²) in [5.41, 5.74) is 2.18. The average molecular weight is 870 g/mol. The van der Waals surface area contributed by atoms with Crippen LogP contribution in [0.15, 0.2) is 0 Å². The molecule has 0 spiro atoms. The van der Waals surface area contributed by atoms with Crippen molar-refractivity contribution in [3.8, 4) is 0 Å². The van der Waals surface area contributed by atoms with Crippen LogP contribution < -0.4 is 0 Å². The summed E-state index contributed by atoms with van der Waals surface area (Å²) < 4.78 is 3.44. The van der Waals surface area contributed by atoms with E-state index in [-0.39, 0.29) is 23.8 Å². The van der Waals surface area contributed by atoms with Gasteiger partial charge in [-0.05, 0) is 61.7 Å². The average Bonchev–Trinajstić information content (AvgIpc) is 2.65. The van der Waals surface area contributed by atoms with Crippen molar-refractivity contribution in [1.29, 1.82) is 0 Å². The Bertz CT molecular complexity index is 1120. The van der Waals surface area contributed by atoms with Crippen LogP contribution in [0.4, 0.5) is 0 Å². The van der Waals surface area contributed by atoms with Gasteiger partial charge in [-0.3, -0.25) is 0 Å². The topological polar surface area (TPSA) is 0 Å². The Morgan fingerprint density at radius 1 is 0.512 bits per heavy atom. The van der Waals surface area contributed by atoms with Crippen molar-refractivity contribution < 1.29 is 0 Å². The van der Waals surface area contributed by atoms with Crippen LogP contribution in [0.3, 0.4) is 0 Å². The molecule has 10 fully saturated rings. The third-order valence-corrected chi connectivity index (χ3v) is 47.6. The van der Waals surface area contributed by atoms with E-state index >= 15 is 0 Å². The van der Waals surface area contributed by atoms with Gasteiger partial charge in [0.15, 0.2) is 0 Å². The van der Waals surface area contributed by atoms with Crippen LogP contribution in [-0.4, -0.2) is 32.8 Å². The van der Waals surface area contributed by atoms with Crippen molar-refractivity contribution in [3.63, 3.8) is 0 Å². The fourth-order valence-corrected chi connectivity index (χ4v) is 73.5. The predicted molar refractivity (Wildman–Crippen MR) is 198 cm³/mol. The van der Waals surface area contributed by atoms with E-state index in [0.717, 1.165) is 41.5 Å². The summed E-state index contributed by atoms with van der Waals surface area (Å²) in [6.07, 6.45) is 9.94. The summed E-state index contributed by atoms with van der Waals surface area (Å²) in [5.74, 6) is 3.34. The van der Waals surface area contributed by atoms with Crippen molar-refractivity contribution in [3.05, 3.63) is 0 Å². The predicted octanol–water partition coefficient (Wildman–Crippen LogP) is 15.0. The van der Waals surface area contributed by atoms with Crippen molar-refractivity contribution in [2.45, 2.75) is 145 Å². The van der Waals surface area contributed by atoms with E-state index in [9.17, 15) is 0 Å². The van der Waals surface area contributed by atoms with E-state index in [0.29, 0.717) is 21.7 Å². The Kier molecular flexibility index (Phi) is 6.40. The number of hydrogen-bond donors (Lipinski definition) is 0. The van der Waals surface area contributed by atoms with E-state index < -0.39 is 16.4 Å². The fourth-order valence-electron chi connectivity index (χ4n) is 13.8. The zero-order valence-electron chi connectivity index (χ0n) is 27.0. The zero-order valence-corrected chi connectivity index (χ0v) is 37.6. The second-order valence-corrected chi connectivity index (χ2v) is 92.8. The zero-order chi connectivity index (χ0) is 31.1. The minimum absolute atomic E-state index is 0.188. The third kappa shape index (κ3) is 3.20. The van der Waals surface area contributed by atoms with Crippen LogP contribution in [0.5, 0.6) is 0 Å². The van der Waals surface area contributed by atoms with Gasteiger partial charge in [-0.15, -0.1) is 0 Å². The number of rotatable bonds is 1. The maximum atomic E-state index is 5.06. The van der Waals surface area contributed by atoms with E-state index in [1.807, 2.05) is 0 Å². The van der Waals surface area contributed by atoms with Gasteiger partial charge in [-0.2, -0.15) is 0 Å². The molecule has 4 aliphatic carbocycles. The first-order valence-electron chi connectivity index (χ1n) is 15.7. The Labute approximate surface area is 275 Å². The Balaban J connectivity index is 0.000000354. The first kappa shape index (κ1) is 33.8. The van der Waals surface area contributed by atoms with E-state index in [2.05, 4.69) is 83.1 Å². The quantitative estimate of drug-likeness (QED) is 0.182. The van der Waals surface area contributed by atoms with Gasteiger partial charge in [0, 0.05) is 40.0 Å². The molecule has 0 radical (unpaired) electrons. The molecule has 0 unspecified atom stereocenters. The minimum atomic E-state index is -5.42. The van der Waals surface area contributed by atoms with Crippen LogP contribution in [-0.2, 0) is 0 Å². The van der Waals surface area contributed by atoms with E-state index in [1.54, 1.807) is 38.5 Å². The summed E-state index contributed by atoms with van der Waals surface area (Å²) in [4.78, 5) is 0. The molecular weight excluding hydrogens is 819 g/mol. The second-order valence-electron chi connectivity index (χ2n) is 19.3. The van der Waals surface area contributed by atoms with Crippen molar-refractivity contribution in [1.82, 2.24) is 0 Å².